The van der Waals surface area contributed by atoms with Crippen molar-refractivity contribution < 1.29 is 13.2 Å². The molecule has 0 saturated heterocycles. The molecule has 0 aromatic heterocycles. The van der Waals surface area contributed by atoms with Gasteiger partial charge in [0.15, 0.2) is 0 Å². The van der Waals surface area contributed by atoms with E-state index in [-0.39, 0.29) is 10.9 Å². The van der Waals surface area contributed by atoms with E-state index in [0.29, 0.717) is 22.5 Å². The van der Waals surface area contributed by atoms with Gasteiger partial charge >= 0.3 is 0 Å². The van der Waals surface area contributed by atoms with Crippen LogP contribution in [0.15, 0.2) is 21.5 Å². The first-order valence-corrected chi connectivity index (χ1v) is 9.30. The summed E-state index contributed by atoms with van der Waals surface area (Å²) in [6.45, 7) is 2.60. The van der Waals surface area contributed by atoms with E-state index in [2.05, 4.69) is 22.9 Å². The van der Waals surface area contributed by atoms with Crippen molar-refractivity contribution in [3.8, 4) is 5.75 Å². The molecule has 0 radical (unpaired) electrons. The third-order valence-corrected chi connectivity index (χ3v) is 6.22. The number of halogens is 1. The maximum absolute atomic E-state index is 12.9. The van der Waals surface area contributed by atoms with Gasteiger partial charge in [0.25, 0.3) is 0 Å². The second kappa shape index (κ2) is 6.54. The van der Waals surface area contributed by atoms with Crippen molar-refractivity contribution in [3.05, 3.63) is 16.6 Å². The minimum atomic E-state index is -3.58. The van der Waals surface area contributed by atoms with E-state index in [0.717, 1.165) is 25.7 Å². The number of nitrogens with zero attached hydrogens (tertiary/aromatic N) is 1. The number of unbranched alkanes of at least 4 members (excludes halogenated alkanes) is 1. The first-order valence-electron chi connectivity index (χ1n) is 7.06. The number of anilines is 1. The van der Waals surface area contributed by atoms with Gasteiger partial charge in [-0.2, -0.15) is 4.31 Å². The van der Waals surface area contributed by atoms with Crippen molar-refractivity contribution in [3.63, 3.8) is 0 Å². The average Bonchev–Trinajstić information content (AvgIpc) is 3.26. The number of rotatable bonds is 7. The van der Waals surface area contributed by atoms with Crippen LogP contribution >= 0.6 is 15.9 Å². The van der Waals surface area contributed by atoms with Gasteiger partial charge in [-0.1, -0.05) is 13.3 Å². The lowest BCUT2D eigenvalue weighted by Crippen LogP contribution is -2.34. The lowest BCUT2D eigenvalue weighted by Gasteiger charge is -2.23. The number of nitrogen functional groups attached to an aromatic ring is 1. The van der Waals surface area contributed by atoms with Crippen LogP contribution in [0.25, 0.3) is 0 Å². The topological polar surface area (TPSA) is 72.6 Å². The molecule has 2 rings (SSSR count). The summed E-state index contributed by atoms with van der Waals surface area (Å²) in [5.41, 5.74) is 6.24. The highest BCUT2D eigenvalue weighted by Crippen LogP contribution is 2.38. The predicted octanol–water partition coefficient (Wildman–Crippen LogP) is 2.99. The fraction of sp³-hybridized carbons (Fsp3) is 0.571. The number of hydrogen-bond donors (Lipinski definition) is 1. The van der Waals surface area contributed by atoms with Gasteiger partial charge in [-0.25, -0.2) is 8.42 Å². The van der Waals surface area contributed by atoms with Crippen LogP contribution < -0.4 is 10.5 Å². The van der Waals surface area contributed by atoms with Crippen LogP contribution in [0.3, 0.4) is 0 Å². The molecule has 0 atom stereocenters. The molecular formula is C14H21BrN2O3S. The molecule has 1 saturated carbocycles. The molecule has 0 amide bonds. The number of sulfonamides is 1. The quantitative estimate of drug-likeness (QED) is 0.742. The molecule has 1 aromatic rings. The minimum Gasteiger partial charge on any atom is -0.495 e. The van der Waals surface area contributed by atoms with Crippen LogP contribution in [0.1, 0.15) is 32.6 Å². The van der Waals surface area contributed by atoms with Crippen LogP contribution in [0, 0.1) is 0 Å². The molecule has 0 unspecified atom stereocenters. The van der Waals surface area contributed by atoms with Crippen LogP contribution in [0.2, 0.25) is 0 Å². The number of nitrogens with two attached hydrogens (primary N) is 1. The number of benzene rings is 1. The van der Waals surface area contributed by atoms with Gasteiger partial charge in [0, 0.05) is 22.7 Å². The minimum absolute atomic E-state index is 0.121. The van der Waals surface area contributed by atoms with Gasteiger partial charge in [0.05, 0.1) is 7.11 Å². The van der Waals surface area contributed by atoms with E-state index in [4.69, 9.17) is 10.5 Å². The molecule has 0 spiro atoms. The Morgan fingerprint density at radius 1 is 1.43 bits per heavy atom. The van der Waals surface area contributed by atoms with Gasteiger partial charge < -0.3 is 10.5 Å². The molecule has 0 aliphatic heterocycles. The Morgan fingerprint density at radius 3 is 2.62 bits per heavy atom. The zero-order valence-electron chi connectivity index (χ0n) is 12.3. The third kappa shape index (κ3) is 3.52. The highest BCUT2D eigenvalue weighted by Gasteiger charge is 2.39. The number of ether oxygens (including phenoxy) is 1. The second-order valence-corrected chi connectivity index (χ2v) is 7.94. The summed E-state index contributed by atoms with van der Waals surface area (Å²) in [5.74, 6) is 0.318. The molecule has 2 N–H and O–H groups in total. The van der Waals surface area contributed by atoms with Crippen molar-refractivity contribution in [1.82, 2.24) is 4.31 Å². The van der Waals surface area contributed by atoms with Gasteiger partial charge in [-0.05, 0) is 47.3 Å². The maximum Gasteiger partial charge on any atom is 0.247 e. The van der Waals surface area contributed by atoms with Crippen LogP contribution in [-0.2, 0) is 10.0 Å². The first-order chi connectivity index (χ1) is 9.91. The largest absolute Gasteiger partial charge is 0.495 e. The first kappa shape index (κ1) is 16.6. The molecule has 1 aliphatic rings. The molecule has 21 heavy (non-hydrogen) atoms. The molecule has 0 heterocycles. The summed E-state index contributed by atoms with van der Waals surface area (Å²) in [6.07, 6.45) is 3.66. The molecule has 5 nitrogen and oxygen atoms in total. The summed E-state index contributed by atoms with van der Waals surface area (Å²) in [7, 11) is -2.12. The molecule has 7 heteroatoms. The Morgan fingerprint density at radius 2 is 2.10 bits per heavy atom. The van der Waals surface area contributed by atoms with Crippen molar-refractivity contribution in [1.29, 1.82) is 0 Å². The molecule has 1 aromatic carbocycles. The van der Waals surface area contributed by atoms with Crippen LogP contribution in [-0.4, -0.2) is 32.4 Å². The monoisotopic (exact) mass is 376 g/mol. The molecular weight excluding hydrogens is 356 g/mol. The average molecular weight is 377 g/mol. The lowest BCUT2D eigenvalue weighted by molar-refractivity contribution is 0.380. The van der Waals surface area contributed by atoms with E-state index in [1.165, 1.54) is 13.2 Å². The Bertz CT molecular complexity index is 615. The maximum atomic E-state index is 12.9. The smallest absolute Gasteiger partial charge is 0.247 e. The van der Waals surface area contributed by atoms with Gasteiger partial charge in [0.1, 0.15) is 10.6 Å². The highest BCUT2D eigenvalue weighted by molar-refractivity contribution is 9.10. The molecule has 1 fully saturated rings. The van der Waals surface area contributed by atoms with E-state index >= 15 is 0 Å². The summed E-state index contributed by atoms with van der Waals surface area (Å²) >= 11 is 3.29. The number of methoxy groups -OCH3 is 1. The standard InChI is InChI=1S/C14H21BrN2O3S/c1-3-4-7-17(10-5-6-10)21(18,19)14-9-12(16)11(15)8-13(14)20-2/h8-10H,3-7,16H2,1-2H3. The second-order valence-electron chi connectivity index (χ2n) is 5.23. The van der Waals surface area contributed by atoms with Crippen LogP contribution in [0.4, 0.5) is 5.69 Å². The van der Waals surface area contributed by atoms with Crippen LogP contribution in [0.5, 0.6) is 5.75 Å². The SMILES string of the molecule is CCCCN(C1CC1)S(=O)(=O)c1cc(N)c(Br)cc1OC. The normalized spacial score (nSPS) is 15.4. The van der Waals surface area contributed by atoms with Gasteiger partial charge in [-0.15, -0.1) is 0 Å². The van der Waals surface area contributed by atoms with E-state index in [1.54, 1.807) is 10.4 Å². The predicted molar refractivity (Wildman–Crippen MR) is 86.9 cm³/mol. The van der Waals surface area contributed by atoms with Gasteiger partial charge in [-0.3, -0.25) is 0 Å². The molecule has 1 aliphatic carbocycles. The summed E-state index contributed by atoms with van der Waals surface area (Å²) in [6, 6.07) is 3.20. The number of hydrogen-bond acceptors (Lipinski definition) is 4. The van der Waals surface area contributed by atoms with Crippen molar-refractivity contribution in [2.24, 2.45) is 0 Å². The Hall–Kier alpha value is -0.790. The van der Waals surface area contributed by atoms with Gasteiger partial charge in [0.2, 0.25) is 10.0 Å². The van der Waals surface area contributed by atoms with E-state index < -0.39 is 10.0 Å². The van der Waals surface area contributed by atoms with E-state index in [1.807, 2.05) is 0 Å². The highest BCUT2D eigenvalue weighted by atomic mass is 79.9. The zero-order chi connectivity index (χ0) is 15.6. The molecule has 118 valence electrons. The van der Waals surface area contributed by atoms with E-state index in [9.17, 15) is 8.42 Å². The van der Waals surface area contributed by atoms with Crippen molar-refractivity contribution >= 4 is 31.6 Å². The third-order valence-electron chi connectivity index (χ3n) is 3.56. The fourth-order valence-electron chi connectivity index (χ4n) is 2.21. The lowest BCUT2D eigenvalue weighted by atomic mass is 10.3. The van der Waals surface area contributed by atoms with Crippen molar-refractivity contribution in [2.45, 2.75) is 43.5 Å². The fourth-order valence-corrected chi connectivity index (χ4v) is 4.43. The summed E-state index contributed by atoms with van der Waals surface area (Å²) in [4.78, 5) is 0.147. The summed E-state index contributed by atoms with van der Waals surface area (Å²) in [5, 5.41) is 0. The Balaban J connectivity index is 2.44. The Labute approximate surface area is 134 Å². The van der Waals surface area contributed by atoms with Crippen molar-refractivity contribution in [2.75, 3.05) is 19.4 Å². The summed E-state index contributed by atoms with van der Waals surface area (Å²) < 4.78 is 33.3. The molecule has 0 bridgehead atoms. The zero-order valence-corrected chi connectivity index (χ0v) is 14.7. The Kier molecular flexibility index (Phi) is 5.16.